The molecule has 162 valence electrons. The van der Waals surface area contributed by atoms with E-state index in [0.717, 1.165) is 46.4 Å². The summed E-state index contributed by atoms with van der Waals surface area (Å²) in [5, 5.41) is 0.921. The molecular weight excluding hydrogens is 398 g/mol. The van der Waals surface area contributed by atoms with Crippen molar-refractivity contribution >= 4 is 17.0 Å². The molecule has 0 aliphatic carbocycles. The Morgan fingerprint density at radius 2 is 1.66 bits per heavy atom. The third-order valence-electron chi connectivity index (χ3n) is 5.81. The molecule has 0 bridgehead atoms. The van der Waals surface area contributed by atoms with Crippen LogP contribution in [0.4, 0.5) is 5.95 Å². The monoisotopic (exact) mass is 425 g/mol. The number of ether oxygens (including phenoxy) is 1. The summed E-state index contributed by atoms with van der Waals surface area (Å²) in [5.74, 6) is 0.698. The van der Waals surface area contributed by atoms with E-state index in [9.17, 15) is 0 Å². The summed E-state index contributed by atoms with van der Waals surface area (Å²) in [4.78, 5) is 16.7. The Labute approximate surface area is 188 Å². The molecule has 5 rings (SSSR count). The third-order valence-corrected chi connectivity index (χ3v) is 5.81. The third kappa shape index (κ3) is 4.07. The van der Waals surface area contributed by atoms with Crippen LogP contribution in [-0.4, -0.2) is 40.2 Å². The molecule has 0 spiro atoms. The number of fused-ring (bicyclic) bond motifs is 1. The lowest BCUT2D eigenvalue weighted by molar-refractivity contribution is -0.00570. The second-order valence-electron chi connectivity index (χ2n) is 8.40. The molecule has 1 fully saturated rings. The van der Waals surface area contributed by atoms with Gasteiger partial charge in [-0.2, -0.15) is 4.98 Å². The van der Waals surface area contributed by atoms with Gasteiger partial charge in [-0.3, -0.25) is 0 Å². The number of rotatable bonds is 4. The first-order chi connectivity index (χ1) is 15.6. The lowest BCUT2D eigenvalue weighted by atomic mass is 9.98. The Balaban J connectivity index is 1.64. The number of anilines is 1. The number of nitrogens with zero attached hydrogens (tertiary/aromatic N) is 4. The van der Waals surface area contributed by atoms with Crippen molar-refractivity contribution < 1.29 is 4.74 Å². The van der Waals surface area contributed by atoms with E-state index >= 15 is 0 Å². The Kier molecular flexibility index (Phi) is 5.55. The molecule has 0 amide bonds. The number of pyridine rings is 1. The van der Waals surface area contributed by atoms with E-state index in [4.69, 9.17) is 20.4 Å². The van der Waals surface area contributed by atoms with Crippen molar-refractivity contribution in [1.82, 2.24) is 15.0 Å². The molecule has 6 nitrogen and oxygen atoms in total. The van der Waals surface area contributed by atoms with E-state index in [1.165, 1.54) is 0 Å². The van der Waals surface area contributed by atoms with E-state index in [2.05, 4.69) is 66.2 Å². The van der Waals surface area contributed by atoms with Crippen LogP contribution < -0.4 is 10.6 Å². The van der Waals surface area contributed by atoms with Gasteiger partial charge in [-0.05, 0) is 31.0 Å². The van der Waals surface area contributed by atoms with Crippen molar-refractivity contribution in [1.29, 1.82) is 0 Å². The Morgan fingerprint density at radius 3 is 2.34 bits per heavy atom. The molecule has 6 heteroatoms. The number of nitrogens with two attached hydrogens (primary N) is 1. The van der Waals surface area contributed by atoms with Crippen LogP contribution in [0.25, 0.3) is 33.4 Å². The number of aromatic nitrogens is 3. The molecule has 0 unspecified atom stereocenters. The predicted molar refractivity (Wildman–Crippen MR) is 128 cm³/mol. The first kappa shape index (κ1) is 20.5. The molecule has 3 heterocycles. The van der Waals surface area contributed by atoms with Crippen molar-refractivity contribution in [3.05, 3.63) is 72.4 Å². The van der Waals surface area contributed by atoms with Gasteiger partial charge in [-0.1, -0.05) is 54.6 Å². The molecule has 0 saturated carbocycles. The summed E-state index contributed by atoms with van der Waals surface area (Å²) in [6.07, 6.45) is 2.16. The van der Waals surface area contributed by atoms with E-state index in [1.54, 1.807) is 0 Å². The van der Waals surface area contributed by atoms with E-state index in [-0.39, 0.29) is 12.2 Å². The molecule has 2 aromatic heterocycles. The van der Waals surface area contributed by atoms with Crippen LogP contribution in [0.5, 0.6) is 0 Å². The van der Waals surface area contributed by atoms with Crippen molar-refractivity contribution in [3.8, 4) is 22.4 Å². The maximum Gasteiger partial charge on any atom is 0.227 e. The molecular formula is C26H27N5O. The predicted octanol–water partition coefficient (Wildman–Crippen LogP) is 4.43. The average molecular weight is 426 g/mol. The quantitative estimate of drug-likeness (QED) is 0.521. The Morgan fingerprint density at radius 1 is 0.938 bits per heavy atom. The molecule has 1 saturated heterocycles. The van der Waals surface area contributed by atoms with Gasteiger partial charge in [0.1, 0.15) is 0 Å². The maximum atomic E-state index is 5.86. The molecule has 0 radical (unpaired) electrons. The van der Waals surface area contributed by atoms with Gasteiger partial charge in [0.05, 0.1) is 17.9 Å². The van der Waals surface area contributed by atoms with Crippen molar-refractivity contribution in [2.24, 2.45) is 5.73 Å². The largest absolute Gasteiger partial charge is 0.372 e. The van der Waals surface area contributed by atoms with Gasteiger partial charge in [-0.25, -0.2) is 9.97 Å². The van der Waals surface area contributed by atoms with Gasteiger partial charge >= 0.3 is 0 Å². The highest BCUT2D eigenvalue weighted by atomic mass is 16.5. The van der Waals surface area contributed by atoms with E-state index < -0.39 is 0 Å². The minimum absolute atomic E-state index is 0.142. The number of benzene rings is 2. The Bertz CT molecular complexity index is 1220. The van der Waals surface area contributed by atoms with E-state index in [1.807, 2.05) is 24.4 Å². The summed E-state index contributed by atoms with van der Waals surface area (Å²) in [5.41, 5.74) is 11.7. The maximum absolute atomic E-state index is 5.86. The van der Waals surface area contributed by atoms with Crippen LogP contribution in [0.1, 0.15) is 19.4 Å². The molecule has 4 aromatic rings. The smallest absolute Gasteiger partial charge is 0.227 e. The highest BCUT2D eigenvalue weighted by Crippen LogP contribution is 2.33. The van der Waals surface area contributed by atoms with Gasteiger partial charge in [-0.15, -0.1) is 0 Å². The molecule has 2 aromatic carbocycles. The standard InChI is InChI=1S/C26H27N5O/c1-17-15-31(16-18(2)32-17)26-28-14-22-12-23(20-6-4-3-5-7-20)24(29-25(22)30-26)21-10-8-19(13-27)9-11-21/h3-12,14,17-18H,13,15-16,27H2,1-2H3/t17-,18+. The number of hydrogen-bond donors (Lipinski definition) is 1. The van der Waals surface area contributed by atoms with Crippen LogP contribution in [0.2, 0.25) is 0 Å². The minimum Gasteiger partial charge on any atom is -0.372 e. The normalized spacial score (nSPS) is 18.8. The van der Waals surface area contributed by atoms with Crippen molar-refractivity contribution in [2.45, 2.75) is 32.6 Å². The SMILES string of the molecule is C[C@@H]1CN(c2ncc3cc(-c4ccccc4)c(-c4ccc(CN)cc4)nc3n2)C[C@H](C)O1. The fraction of sp³-hybridized carbons (Fsp3) is 0.269. The molecule has 1 aliphatic rings. The number of hydrogen-bond acceptors (Lipinski definition) is 6. The average Bonchev–Trinajstić information content (AvgIpc) is 2.83. The summed E-state index contributed by atoms with van der Waals surface area (Å²) in [7, 11) is 0. The molecule has 2 N–H and O–H groups in total. The second-order valence-corrected chi connectivity index (χ2v) is 8.40. The van der Waals surface area contributed by atoms with Gasteiger partial charge in [0, 0.05) is 42.3 Å². The summed E-state index contributed by atoms with van der Waals surface area (Å²) >= 11 is 0. The molecule has 32 heavy (non-hydrogen) atoms. The van der Waals surface area contributed by atoms with E-state index in [0.29, 0.717) is 18.1 Å². The van der Waals surface area contributed by atoms with Crippen LogP contribution in [-0.2, 0) is 11.3 Å². The highest BCUT2D eigenvalue weighted by Gasteiger charge is 2.24. The van der Waals surface area contributed by atoms with Crippen LogP contribution in [0.15, 0.2) is 66.9 Å². The van der Waals surface area contributed by atoms with Crippen molar-refractivity contribution in [3.63, 3.8) is 0 Å². The summed E-state index contributed by atoms with van der Waals surface area (Å²) in [6.45, 7) is 6.22. The topological polar surface area (TPSA) is 77.2 Å². The fourth-order valence-corrected chi connectivity index (χ4v) is 4.30. The van der Waals surface area contributed by atoms with Crippen LogP contribution in [0, 0.1) is 0 Å². The number of morpholine rings is 1. The molecule has 2 atom stereocenters. The second kappa shape index (κ2) is 8.65. The van der Waals surface area contributed by atoms with Crippen LogP contribution >= 0.6 is 0 Å². The lowest BCUT2D eigenvalue weighted by Gasteiger charge is -2.35. The van der Waals surface area contributed by atoms with Gasteiger partial charge in [0.25, 0.3) is 0 Å². The zero-order valence-corrected chi connectivity index (χ0v) is 18.4. The first-order valence-electron chi connectivity index (χ1n) is 11.0. The van der Waals surface area contributed by atoms with Gasteiger partial charge in [0.2, 0.25) is 5.95 Å². The van der Waals surface area contributed by atoms with Crippen molar-refractivity contribution in [2.75, 3.05) is 18.0 Å². The summed E-state index contributed by atoms with van der Waals surface area (Å²) in [6, 6.07) is 20.7. The highest BCUT2D eigenvalue weighted by molar-refractivity contribution is 5.90. The zero-order valence-electron chi connectivity index (χ0n) is 18.4. The first-order valence-corrected chi connectivity index (χ1v) is 11.0. The van der Waals surface area contributed by atoms with Gasteiger partial charge in [0.15, 0.2) is 5.65 Å². The minimum atomic E-state index is 0.142. The fourth-order valence-electron chi connectivity index (χ4n) is 4.30. The lowest BCUT2D eigenvalue weighted by Crippen LogP contribution is -2.46. The van der Waals surface area contributed by atoms with Crippen LogP contribution in [0.3, 0.4) is 0 Å². The summed E-state index contributed by atoms with van der Waals surface area (Å²) < 4.78 is 5.86. The van der Waals surface area contributed by atoms with Gasteiger partial charge < -0.3 is 15.4 Å². The zero-order chi connectivity index (χ0) is 22.1. The molecule has 1 aliphatic heterocycles. The Hall–Kier alpha value is -3.35.